The van der Waals surface area contributed by atoms with Crippen LogP contribution in [0.1, 0.15) is 26.3 Å². The van der Waals surface area contributed by atoms with Crippen molar-refractivity contribution < 1.29 is 23.6 Å². The summed E-state index contributed by atoms with van der Waals surface area (Å²) < 4.78 is 17.5. The van der Waals surface area contributed by atoms with Crippen molar-refractivity contribution in [3.8, 4) is 0 Å². The summed E-state index contributed by atoms with van der Waals surface area (Å²) in [6.07, 6.45) is 0.487. The van der Waals surface area contributed by atoms with Crippen LogP contribution in [0.3, 0.4) is 0 Å². The summed E-state index contributed by atoms with van der Waals surface area (Å²) in [4.78, 5) is 36.0. The molecule has 0 atom stereocenters. The Morgan fingerprint density at radius 2 is 1.77 bits per heavy atom. The molecular weight excluding hydrogens is 343 g/mol. The summed E-state index contributed by atoms with van der Waals surface area (Å²) in [7, 11) is 2.69. The van der Waals surface area contributed by atoms with E-state index < -0.39 is 16.8 Å². The summed E-state index contributed by atoms with van der Waals surface area (Å²) in [6.45, 7) is 0.320. The summed E-state index contributed by atoms with van der Waals surface area (Å²) in [5, 5.41) is 11.0. The number of nitro benzene ring substituents is 1. The molecule has 0 N–H and O–H groups in total. The zero-order valence-corrected chi connectivity index (χ0v) is 14.3. The molecule has 0 aliphatic heterocycles. The molecule has 0 spiro atoms. The predicted octanol–water partition coefficient (Wildman–Crippen LogP) is 2.84. The molecule has 0 aromatic heterocycles. The maximum absolute atomic E-state index is 12.9. The third-order valence-electron chi connectivity index (χ3n) is 3.79. The van der Waals surface area contributed by atoms with E-state index in [-0.39, 0.29) is 22.6 Å². The van der Waals surface area contributed by atoms with Crippen LogP contribution in [0.5, 0.6) is 0 Å². The van der Waals surface area contributed by atoms with Crippen LogP contribution in [0.4, 0.5) is 10.1 Å². The van der Waals surface area contributed by atoms with Gasteiger partial charge in [-0.25, -0.2) is 9.18 Å². The van der Waals surface area contributed by atoms with Gasteiger partial charge in [0.1, 0.15) is 5.82 Å². The van der Waals surface area contributed by atoms with Crippen molar-refractivity contribution in [3.63, 3.8) is 0 Å². The van der Waals surface area contributed by atoms with Gasteiger partial charge in [0.2, 0.25) is 0 Å². The van der Waals surface area contributed by atoms with Crippen LogP contribution in [0.25, 0.3) is 0 Å². The highest BCUT2D eigenvalue weighted by Gasteiger charge is 2.20. The summed E-state index contributed by atoms with van der Waals surface area (Å²) in [5.41, 5.74) is 0.418. The Morgan fingerprint density at radius 1 is 1.15 bits per heavy atom. The number of benzene rings is 2. The van der Waals surface area contributed by atoms with E-state index >= 15 is 0 Å². The van der Waals surface area contributed by atoms with Gasteiger partial charge in [-0.3, -0.25) is 14.9 Å². The molecular formula is C18H17FN2O5. The molecule has 0 radical (unpaired) electrons. The molecule has 0 heterocycles. The zero-order valence-electron chi connectivity index (χ0n) is 14.3. The van der Waals surface area contributed by atoms with Crippen molar-refractivity contribution >= 4 is 17.6 Å². The van der Waals surface area contributed by atoms with E-state index in [9.17, 15) is 24.1 Å². The fraction of sp³-hybridized carbons (Fsp3) is 0.222. The smallest absolute Gasteiger partial charge is 0.338 e. The van der Waals surface area contributed by atoms with Crippen LogP contribution in [0.15, 0.2) is 42.5 Å². The molecule has 7 nitrogen and oxygen atoms in total. The molecule has 1 amide bonds. The minimum Gasteiger partial charge on any atom is -0.465 e. The van der Waals surface area contributed by atoms with Gasteiger partial charge in [-0.1, -0.05) is 12.1 Å². The Bertz CT molecular complexity index is 836. The monoisotopic (exact) mass is 360 g/mol. The van der Waals surface area contributed by atoms with Crippen molar-refractivity contribution in [1.29, 1.82) is 0 Å². The van der Waals surface area contributed by atoms with Crippen molar-refractivity contribution in [2.24, 2.45) is 0 Å². The number of methoxy groups -OCH3 is 1. The number of nitro groups is 1. The molecule has 0 fully saturated rings. The summed E-state index contributed by atoms with van der Waals surface area (Å²) in [5.74, 6) is -1.58. The van der Waals surface area contributed by atoms with Gasteiger partial charge in [0.05, 0.1) is 17.6 Å². The number of amides is 1. The maximum Gasteiger partial charge on any atom is 0.338 e. The number of carbonyl (C=O) groups excluding carboxylic acids is 2. The SMILES string of the molecule is COC(=O)c1cc(C(=O)N(C)CCc2ccc(F)cc2)cc([N+](=O)[O-])c1. The van der Waals surface area contributed by atoms with Crippen LogP contribution >= 0.6 is 0 Å². The standard InChI is InChI=1S/C18H17FN2O5/c1-20(8-7-12-3-5-15(19)6-4-12)17(22)13-9-14(18(23)26-2)11-16(10-13)21(24)25/h3-6,9-11H,7-8H2,1-2H3. The van der Waals surface area contributed by atoms with Crippen molar-refractivity contribution in [3.05, 3.63) is 75.1 Å². The fourth-order valence-corrected chi connectivity index (χ4v) is 2.35. The number of ether oxygens (including phenoxy) is 1. The molecule has 0 unspecified atom stereocenters. The van der Waals surface area contributed by atoms with Gasteiger partial charge >= 0.3 is 5.97 Å². The molecule has 136 valence electrons. The average Bonchev–Trinajstić information content (AvgIpc) is 2.65. The molecule has 26 heavy (non-hydrogen) atoms. The maximum atomic E-state index is 12.9. The van der Waals surface area contributed by atoms with E-state index in [0.717, 1.165) is 24.8 Å². The van der Waals surface area contributed by atoms with Gasteiger partial charge in [-0.05, 0) is 30.2 Å². The van der Waals surface area contributed by atoms with E-state index in [4.69, 9.17) is 0 Å². The Kier molecular flexibility index (Phi) is 6.00. The van der Waals surface area contributed by atoms with E-state index in [2.05, 4.69) is 4.74 Å². The van der Waals surface area contributed by atoms with Gasteiger partial charge < -0.3 is 9.64 Å². The number of carbonyl (C=O) groups is 2. The molecule has 8 heteroatoms. The van der Waals surface area contributed by atoms with Gasteiger partial charge in [0, 0.05) is 31.3 Å². The minimum absolute atomic E-state index is 0.0150. The van der Waals surface area contributed by atoms with Crippen molar-refractivity contribution in [2.75, 3.05) is 20.7 Å². The number of esters is 1. The van der Waals surface area contributed by atoms with Gasteiger partial charge in [-0.2, -0.15) is 0 Å². The number of halogens is 1. The predicted molar refractivity (Wildman–Crippen MR) is 91.5 cm³/mol. The zero-order chi connectivity index (χ0) is 19.3. The second-order valence-electron chi connectivity index (χ2n) is 5.62. The molecule has 2 aromatic carbocycles. The lowest BCUT2D eigenvalue weighted by Gasteiger charge is -2.17. The number of hydrogen-bond donors (Lipinski definition) is 0. The van der Waals surface area contributed by atoms with Crippen LogP contribution in [-0.2, 0) is 11.2 Å². The van der Waals surface area contributed by atoms with Crippen LogP contribution in [0, 0.1) is 15.9 Å². The lowest BCUT2D eigenvalue weighted by molar-refractivity contribution is -0.384. The minimum atomic E-state index is -0.767. The Balaban J connectivity index is 2.18. The van der Waals surface area contributed by atoms with Crippen molar-refractivity contribution in [2.45, 2.75) is 6.42 Å². The summed E-state index contributed by atoms with van der Waals surface area (Å²) >= 11 is 0. The lowest BCUT2D eigenvalue weighted by atomic mass is 10.1. The third kappa shape index (κ3) is 4.62. The van der Waals surface area contributed by atoms with E-state index in [1.165, 1.54) is 23.1 Å². The largest absolute Gasteiger partial charge is 0.465 e. The molecule has 2 aromatic rings. The first-order chi connectivity index (χ1) is 12.3. The van der Waals surface area contributed by atoms with Gasteiger partial charge in [-0.15, -0.1) is 0 Å². The topological polar surface area (TPSA) is 89.8 Å². The molecule has 0 bridgehead atoms. The highest BCUT2D eigenvalue weighted by Crippen LogP contribution is 2.19. The molecule has 0 saturated heterocycles. The van der Waals surface area contributed by atoms with Crippen molar-refractivity contribution in [1.82, 2.24) is 4.90 Å². The van der Waals surface area contributed by atoms with Gasteiger partial charge in [0.25, 0.3) is 11.6 Å². The number of non-ortho nitro benzene ring substituents is 1. The highest BCUT2D eigenvalue weighted by atomic mass is 19.1. The fourth-order valence-electron chi connectivity index (χ4n) is 2.35. The average molecular weight is 360 g/mol. The Morgan fingerprint density at radius 3 is 2.35 bits per heavy atom. The molecule has 0 aliphatic rings. The third-order valence-corrected chi connectivity index (χ3v) is 3.79. The lowest BCUT2D eigenvalue weighted by Crippen LogP contribution is -2.29. The quantitative estimate of drug-likeness (QED) is 0.449. The number of hydrogen-bond acceptors (Lipinski definition) is 5. The van der Waals surface area contributed by atoms with Crippen LogP contribution in [-0.4, -0.2) is 42.4 Å². The Hall–Kier alpha value is -3.29. The second kappa shape index (κ2) is 8.19. The number of rotatable bonds is 6. The van der Waals surface area contributed by atoms with E-state index in [1.807, 2.05) is 0 Å². The van der Waals surface area contributed by atoms with E-state index in [1.54, 1.807) is 19.2 Å². The number of nitrogens with zero attached hydrogens (tertiary/aromatic N) is 2. The van der Waals surface area contributed by atoms with Crippen LogP contribution in [0.2, 0.25) is 0 Å². The molecule has 0 saturated carbocycles. The number of likely N-dealkylation sites (N-methyl/N-ethyl adjacent to an activating group) is 1. The van der Waals surface area contributed by atoms with Crippen LogP contribution < -0.4 is 0 Å². The van der Waals surface area contributed by atoms with Gasteiger partial charge in [0.15, 0.2) is 0 Å². The molecule has 0 aliphatic carbocycles. The first-order valence-electron chi connectivity index (χ1n) is 7.69. The second-order valence-corrected chi connectivity index (χ2v) is 5.62. The highest BCUT2D eigenvalue weighted by molar-refractivity contribution is 5.98. The van der Waals surface area contributed by atoms with E-state index in [0.29, 0.717) is 13.0 Å². The normalized spacial score (nSPS) is 10.3. The molecule has 2 rings (SSSR count). The Labute approximate surface area is 149 Å². The first kappa shape index (κ1) is 19.0. The summed E-state index contributed by atoms with van der Waals surface area (Å²) in [6, 6.07) is 9.34. The first-order valence-corrected chi connectivity index (χ1v) is 7.69.